The summed E-state index contributed by atoms with van der Waals surface area (Å²) in [5.74, 6) is 2.38. The van der Waals surface area contributed by atoms with Gasteiger partial charge in [0.15, 0.2) is 0 Å². The van der Waals surface area contributed by atoms with Gasteiger partial charge in [0.1, 0.15) is 11.0 Å². The second kappa shape index (κ2) is 7.19. The maximum Gasteiger partial charge on any atom is 0.284 e. The van der Waals surface area contributed by atoms with Gasteiger partial charge in [-0.25, -0.2) is 4.68 Å². The Kier molecular flexibility index (Phi) is 5.89. The van der Waals surface area contributed by atoms with Gasteiger partial charge in [-0.15, -0.1) is 6.42 Å². The molecular weight excluding hydrogens is 298 g/mol. The first-order chi connectivity index (χ1) is 8.60. The normalized spacial score (nSPS) is 11.9. The van der Waals surface area contributed by atoms with Crippen LogP contribution in [0.3, 0.4) is 0 Å². The minimum atomic E-state index is -0.249. The molecule has 1 rings (SSSR count). The van der Waals surface area contributed by atoms with E-state index in [0.717, 1.165) is 0 Å². The first-order valence-electron chi connectivity index (χ1n) is 5.63. The molecule has 1 N–H and O–H groups in total. The largest absolute Gasteiger partial charge is 0.380 e. The van der Waals surface area contributed by atoms with Crippen molar-refractivity contribution in [3.05, 3.63) is 21.0 Å². The summed E-state index contributed by atoms with van der Waals surface area (Å²) in [6.45, 7) is 5.29. The molecule has 0 saturated carbocycles. The molecule has 5 nitrogen and oxygen atoms in total. The SMILES string of the molecule is C#CCn1ncc(NC(C)COCC)c(Br)c1=O. The minimum absolute atomic E-state index is 0.0888. The summed E-state index contributed by atoms with van der Waals surface area (Å²) in [6.07, 6.45) is 6.73. The second-order valence-corrected chi connectivity index (χ2v) is 4.54. The van der Waals surface area contributed by atoms with Gasteiger partial charge >= 0.3 is 0 Å². The number of hydrogen-bond donors (Lipinski definition) is 1. The van der Waals surface area contributed by atoms with E-state index in [1.165, 1.54) is 4.68 Å². The fourth-order valence-electron chi connectivity index (χ4n) is 1.37. The number of aromatic nitrogens is 2. The van der Waals surface area contributed by atoms with Crippen LogP contribution in [0.1, 0.15) is 13.8 Å². The molecule has 1 unspecified atom stereocenters. The highest BCUT2D eigenvalue weighted by atomic mass is 79.9. The number of nitrogens with one attached hydrogen (secondary N) is 1. The van der Waals surface area contributed by atoms with Gasteiger partial charge in [0.25, 0.3) is 5.56 Å². The molecule has 0 bridgehead atoms. The summed E-state index contributed by atoms with van der Waals surface area (Å²) in [7, 11) is 0. The van der Waals surface area contributed by atoms with Crippen molar-refractivity contribution < 1.29 is 4.74 Å². The van der Waals surface area contributed by atoms with E-state index in [-0.39, 0.29) is 18.1 Å². The fourth-order valence-corrected chi connectivity index (χ4v) is 1.79. The van der Waals surface area contributed by atoms with Gasteiger partial charge in [0.05, 0.1) is 18.5 Å². The predicted octanol–water partition coefficient (Wildman–Crippen LogP) is 1.48. The van der Waals surface area contributed by atoms with E-state index in [0.29, 0.717) is 23.4 Å². The number of ether oxygens (including phenoxy) is 1. The highest BCUT2D eigenvalue weighted by Crippen LogP contribution is 2.17. The highest BCUT2D eigenvalue weighted by Gasteiger charge is 2.10. The van der Waals surface area contributed by atoms with Crippen LogP contribution in [0.25, 0.3) is 0 Å². The van der Waals surface area contributed by atoms with Crippen LogP contribution in [0, 0.1) is 12.3 Å². The molecule has 0 saturated heterocycles. The Morgan fingerprint density at radius 2 is 2.44 bits per heavy atom. The molecule has 0 aromatic carbocycles. The molecule has 1 aromatic rings. The lowest BCUT2D eigenvalue weighted by molar-refractivity contribution is 0.141. The Morgan fingerprint density at radius 1 is 1.72 bits per heavy atom. The number of anilines is 1. The molecule has 1 atom stereocenters. The topological polar surface area (TPSA) is 56.1 Å². The molecule has 0 radical (unpaired) electrons. The molecule has 18 heavy (non-hydrogen) atoms. The zero-order valence-electron chi connectivity index (χ0n) is 10.4. The maximum atomic E-state index is 11.9. The van der Waals surface area contributed by atoms with Crippen LogP contribution in [-0.4, -0.2) is 29.0 Å². The third-order valence-corrected chi connectivity index (χ3v) is 2.97. The van der Waals surface area contributed by atoms with Crippen molar-refractivity contribution in [3.63, 3.8) is 0 Å². The van der Waals surface area contributed by atoms with Gasteiger partial charge in [-0.1, -0.05) is 5.92 Å². The van der Waals surface area contributed by atoms with Crippen molar-refractivity contribution in [2.24, 2.45) is 0 Å². The zero-order valence-corrected chi connectivity index (χ0v) is 12.0. The number of nitrogens with zero attached hydrogens (tertiary/aromatic N) is 2. The Hall–Kier alpha value is -1.32. The summed E-state index contributed by atoms with van der Waals surface area (Å²) in [5.41, 5.74) is 0.391. The molecule has 1 aromatic heterocycles. The quantitative estimate of drug-likeness (QED) is 0.808. The van der Waals surface area contributed by atoms with Crippen molar-refractivity contribution >= 4 is 21.6 Å². The van der Waals surface area contributed by atoms with Crippen LogP contribution < -0.4 is 10.9 Å². The molecular formula is C12H16BrN3O2. The van der Waals surface area contributed by atoms with Crippen molar-refractivity contribution in [2.45, 2.75) is 26.4 Å². The first kappa shape index (κ1) is 14.7. The first-order valence-corrected chi connectivity index (χ1v) is 6.42. The third kappa shape index (κ3) is 3.86. The van der Waals surface area contributed by atoms with Gasteiger partial charge in [-0.05, 0) is 29.8 Å². The van der Waals surface area contributed by atoms with Gasteiger partial charge in [0.2, 0.25) is 0 Å². The van der Waals surface area contributed by atoms with Crippen LogP contribution in [0.4, 0.5) is 5.69 Å². The standard InChI is InChI=1S/C12H16BrN3O2/c1-4-6-16-12(17)11(13)10(7-14-16)15-9(3)8-18-5-2/h1,7,9,15H,5-6,8H2,2-3H3. The van der Waals surface area contributed by atoms with Crippen molar-refractivity contribution in [2.75, 3.05) is 18.5 Å². The molecule has 6 heteroatoms. The summed E-state index contributed by atoms with van der Waals surface area (Å²) < 4.78 is 6.94. The second-order valence-electron chi connectivity index (χ2n) is 3.74. The van der Waals surface area contributed by atoms with E-state index in [2.05, 4.69) is 32.3 Å². The lowest BCUT2D eigenvalue weighted by atomic mass is 10.3. The van der Waals surface area contributed by atoms with Crippen LogP contribution in [0.2, 0.25) is 0 Å². The van der Waals surface area contributed by atoms with Gasteiger partial charge in [-0.2, -0.15) is 5.10 Å². The van der Waals surface area contributed by atoms with Gasteiger partial charge in [-0.3, -0.25) is 4.79 Å². The van der Waals surface area contributed by atoms with Gasteiger partial charge < -0.3 is 10.1 Å². The Bertz CT molecular complexity index is 493. The maximum absolute atomic E-state index is 11.9. The van der Waals surface area contributed by atoms with Crippen LogP contribution in [-0.2, 0) is 11.3 Å². The van der Waals surface area contributed by atoms with E-state index >= 15 is 0 Å². The van der Waals surface area contributed by atoms with E-state index in [1.807, 2.05) is 13.8 Å². The summed E-state index contributed by atoms with van der Waals surface area (Å²) >= 11 is 3.25. The number of halogens is 1. The molecule has 0 aliphatic heterocycles. The summed E-state index contributed by atoms with van der Waals surface area (Å²) in [4.78, 5) is 11.9. The fraction of sp³-hybridized carbons (Fsp3) is 0.500. The molecule has 1 heterocycles. The van der Waals surface area contributed by atoms with Crippen LogP contribution >= 0.6 is 15.9 Å². The predicted molar refractivity (Wildman–Crippen MR) is 74.6 cm³/mol. The monoisotopic (exact) mass is 313 g/mol. The summed E-state index contributed by atoms with van der Waals surface area (Å²) in [5, 5.41) is 7.15. The molecule has 98 valence electrons. The van der Waals surface area contributed by atoms with Gasteiger partial charge in [0, 0.05) is 12.6 Å². The number of terminal acetylenes is 1. The highest BCUT2D eigenvalue weighted by molar-refractivity contribution is 9.10. The van der Waals surface area contributed by atoms with Crippen molar-refractivity contribution in [3.8, 4) is 12.3 Å². The van der Waals surface area contributed by atoms with Crippen molar-refractivity contribution in [1.82, 2.24) is 9.78 Å². The molecule has 0 aliphatic rings. The van der Waals surface area contributed by atoms with E-state index in [4.69, 9.17) is 11.2 Å². The lowest BCUT2D eigenvalue weighted by Gasteiger charge is -2.16. The smallest absolute Gasteiger partial charge is 0.284 e. The molecule has 0 fully saturated rings. The number of rotatable bonds is 6. The molecule has 0 spiro atoms. The molecule has 0 aliphatic carbocycles. The average Bonchev–Trinajstić information content (AvgIpc) is 2.36. The zero-order chi connectivity index (χ0) is 13.5. The van der Waals surface area contributed by atoms with E-state index in [9.17, 15) is 4.79 Å². The van der Waals surface area contributed by atoms with E-state index < -0.39 is 0 Å². The number of hydrogen-bond acceptors (Lipinski definition) is 4. The minimum Gasteiger partial charge on any atom is -0.380 e. The summed E-state index contributed by atoms with van der Waals surface area (Å²) in [6, 6.07) is 0.0888. The Labute approximate surface area is 115 Å². The van der Waals surface area contributed by atoms with E-state index in [1.54, 1.807) is 6.20 Å². The van der Waals surface area contributed by atoms with Crippen LogP contribution in [0.5, 0.6) is 0 Å². The van der Waals surface area contributed by atoms with Crippen LogP contribution in [0.15, 0.2) is 15.5 Å². The Morgan fingerprint density at radius 3 is 3.06 bits per heavy atom. The lowest BCUT2D eigenvalue weighted by Crippen LogP contribution is -2.27. The average molecular weight is 314 g/mol. The molecule has 0 amide bonds. The third-order valence-electron chi connectivity index (χ3n) is 2.20. The Balaban J connectivity index is 2.83. The van der Waals surface area contributed by atoms with Crippen molar-refractivity contribution in [1.29, 1.82) is 0 Å².